The largest absolute Gasteiger partial charge is 0.494 e. The van der Waals surface area contributed by atoms with Crippen LogP contribution in [-0.4, -0.2) is 18.3 Å². The predicted octanol–water partition coefficient (Wildman–Crippen LogP) is 2.95. The van der Waals surface area contributed by atoms with Gasteiger partial charge in [0.2, 0.25) is 0 Å². The molecular weight excluding hydrogens is 200 g/mol. The van der Waals surface area contributed by atoms with Gasteiger partial charge in [-0.1, -0.05) is 19.9 Å². The zero-order valence-electron chi connectivity index (χ0n) is 10.5. The number of rotatable bonds is 6. The Labute approximate surface area is 98.3 Å². The molecule has 0 spiro atoms. The van der Waals surface area contributed by atoms with Crippen molar-refractivity contribution >= 4 is 0 Å². The van der Waals surface area contributed by atoms with E-state index in [0.29, 0.717) is 5.92 Å². The van der Waals surface area contributed by atoms with Crippen LogP contribution in [0, 0.1) is 12.8 Å². The third kappa shape index (κ3) is 4.23. The van der Waals surface area contributed by atoms with Crippen molar-refractivity contribution in [2.45, 2.75) is 33.6 Å². The molecule has 0 aliphatic carbocycles. The van der Waals surface area contributed by atoms with Crippen LogP contribution in [0.4, 0.5) is 0 Å². The SMILES string of the molecule is Cc1cc(OCCC(C)C)ccc1CCO. The first-order valence-corrected chi connectivity index (χ1v) is 5.96. The van der Waals surface area contributed by atoms with Gasteiger partial charge in [-0.3, -0.25) is 0 Å². The Kier molecular flexibility index (Phi) is 5.33. The summed E-state index contributed by atoms with van der Waals surface area (Å²) in [5, 5.41) is 8.88. The van der Waals surface area contributed by atoms with E-state index in [9.17, 15) is 0 Å². The van der Waals surface area contributed by atoms with Crippen LogP contribution in [0.2, 0.25) is 0 Å². The van der Waals surface area contributed by atoms with E-state index in [1.54, 1.807) is 0 Å². The minimum atomic E-state index is 0.203. The molecule has 16 heavy (non-hydrogen) atoms. The quantitative estimate of drug-likeness (QED) is 0.802. The lowest BCUT2D eigenvalue weighted by Gasteiger charge is -2.10. The first kappa shape index (κ1) is 13.0. The van der Waals surface area contributed by atoms with Gasteiger partial charge in [-0.15, -0.1) is 0 Å². The number of aliphatic hydroxyl groups excluding tert-OH is 1. The summed E-state index contributed by atoms with van der Waals surface area (Å²) in [4.78, 5) is 0. The van der Waals surface area contributed by atoms with Gasteiger partial charge in [0.15, 0.2) is 0 Å². The maximum absolute atomic E-state index is 8.88. The van der Waals surface area contributed by atoms with Gasteiger partial charge in [-0.2, -0.15) is 0 Å². The average Bonchev–Trinajstić information content (AvgIpc) is 2.21. The normalized spacial score (nSPS) is 10.8. The van der Waals surface area contributed by atoms with Crippen LogP contribution in [0.25, 0.3) is 0 Å². The fourth-order valence-electron chi connectivity index (χ4n) is 1.57. The second-order valence-electron chi connectivity index (χ2n) is 4.59. The van der Waals surface area contributed by atoms with Crippen LogP contribution in [0.3, 0.4) is 0 Å². The highest BCUT2D eigenvalue weighted by Gasteiger charge is 2.01. The fourth-order valence-corrected chi connectivity index (χ4v) is 1.57. The highest BCUT2D eigenvalue weighted by molar-refractivity contribution is 5.34. The monoisotopic (exact) mass is 222 g/mol. The molecule has 90 valence electrons. The molecule has 0 fully saturated rings. The van der Waals surface area contributed by atoms with E-state index < -0.39 is 0 Å². The van der Waals surface area contributed by atoms with Crippen LogP contribution in [-0.2, 0) is 6.42 Å². The van der Waals surface area contributed by atoms with Crippen LogP contribution >= 0.6 is 0 Å². The number of ether oxygens (including phenoxy) is 1. The minimum absolute atomic E-state index is 0.203. The van der Waals surface area contributed by atoms with E-state index in [4.69, 9.17) is 9.84 Å². The first-order valence-electron chi connectivity index (χ1n) is 5.96. The molecular formula is C14H22O2. The van der Waals surface area contributed by atoms with Gasteiger partial charge in [0.1, 0.15) is 5.75 Å². The second-order valence-corrected chi connectivity index (χ2v) is 4.59. The van der Waals surface area contributed by atoms with Crippen molar-refractivity contribution in [2.24, 2.45) is 5.92 Å². The molecule has 1 aromatic rings. The summed E-state index contributed by atoms with van der Waals surface area (Å²) in [5.41, 5.74) is 2.38. The van der Waals surface area contributed by atoms with Crippen molar-refractivity contribution in [1.82, 2.24) is 0 Å². The van der Waals surface area contributed by atoms with Gasteiger partial charge < -0.3 is 9.84 Å². The minimum Gasteiger partial charge on any atom is -0.494 e. The van der Waals surface area contributed by atoms with Crippen LogP contribution in [0.15, 0.2) is 18.2 Å². The molecule has 0 saturated heterocycles. The van der Waals surface area contributed by atoms with Crippen molar-refractivity contribution in [2.75, 3.05) is 13.2 Å². The lowest BCUT2D eigenvalue weighted by Crippen LogP contribution is -2.02. The number of aliphatic hydroxyl groups is 1. The molecule has 1 rings (SSSR count). The van der Waals surface area contributed by atoms with E-state index in [2.05, 4.69) is 20.8 Å². The lowest BCUT2D eigenvalue weighted by molar-refractivity contribution is 0.288. The number of aryl methyl sites for hydroxylation is 1. The smallest absolute Gasteiger partial charge is 0.119 e. The van der Waals surface area contributed by atoms with E-state index in [0.717, 1.165) is 25.2 Å². The predicted molar refractivity (Wildman–Crippen MR) is 66.9 cm³/mol. The Hall–Kier alpha value is -1.02. The van der Waals surface area contributed by atoms with E-state index in [1.807, 2.05) is 18.2 Å². The van der Waals surface area contributed by atoms with Crippen molar-refractivity contribution in [3.05, 3.63) is 29.3 Å². The fraction of sp³-hybridized carbons (Fsp3) is 0.571. The van der Waals surface area contributed by atoms with Crippen LogP contribution in [0.5, 0.6) is 5.75 Å². The lowest BCUT2D eigenvalue weighted by atomic mass is 10.1. The van der Waals surface area contributed by atoms with Crippen molar-refractivity contribution in [3.63, 3.8) is 0 Å². The summed E-state index contributed by atoms with van der Waals surface area (Å²) in [6.45, 7) is 7.42. The maximum atomic E-state index is 8.88. The summed E-state index contributed by atoms with van der Waals surface area (Å²) in [6.07, 6.45) is 1.80. The van der Waals surface area contributed by atoms with Gasteiger partial charge in [0.25, 0.3) is 0 Å². The number of benzene rings is 1. The molecule has 0 aliphatic heterocycles. The van der Waals surface area contributed by atoms with Crippen LogP contribution < -0.4 is 4.74 Å². The maximum Gasteiger partial charge on any atom is 0.119 e. The summed E-state index contributed by atoms with van der Waals surface area (Å²) in [5.74, 6) is 1.61. The van der Waals surface area contributed by atoms with Crippen molar-refractivity contribution < 1.29 is 9.84 Å². The third-order valence-electron chi connectivity index (χ3n) is 2.66. The van der Waals surface area contributed by atoms with Crippen LogP contribution in [0.1, 0.15) is 31.4 Å². The molecule has 0 radical (unpaired) electrons. The molecule has 0 bridgehead atoms. The Balaban J connectivity index is 2.52. The summed E-state index contributed by atoms with van der Waals surface area (Å²) < 4.78 is 5.67. The van der Waals surface area contributed by atoms with Crippen molar-refractivity contribution in [3.8, 4) is 5.75 Å². The summed E-state index contributed by atoms with van der Waals surface area (Å²) >= 11 is 0. The number of hydrogen-bond acceptors (Lipinski definition) is 2. The molecule has 0 heterocycles. The molecule has 2 heteroatoms. The molecule has 0 aliphatic rings. The molecule has 0 atom stereocenters. The highest BCUT2D eigenvalue weighted by Crippen LogP contribution is 2.18. The standard InChI is InChI=1S/C14H22O2/c1-11(2)7-9-16-14-5-4-13(6-8-15)12(3)10-14/h4-5,10-11,15H,6-9H2,1-3H3. The molecule has 0 unspecified atom stereocenters. The second kappa shape index (κ2) is 6.54. The zero-order valence-corrected chi connectivity index (χ0v) is 10.5. The van der Waals surface area contributed by atoms with Crippen molar-refractivity contribution in [1.29, 1.82) is 0 Å². The highest BCUT2D eigenvalue weighted by atomic mass is 16.5. The van der Waals surface area contributed by atoms with E-state index >= 15 is 0 Å². The topological polar surface area (TPSA) is 29.5 Å². The Morgan fingerprint density at radius 3 is 2.62 bits per heavy atom. The third-order valence-corrected chi connectivity index (χ3v) is 2.66. The van der Waals surface area contributed by atoms with E-state index in [-0.39, 0.29) is 6.61 Å². The average molecular weight is 222 g/mol. The summed E-state index contributed by atoms with van der Waals surface area (Å²) in [6, 6.07) is 6.07. The Morgan fingerprint density at radius 1 is 1.31 bits per heavy atom. The van der Waals surface area contributed by atoms with Gasteiger partial charge in [-0.05, 0) is 48.9 Å². The summed E-state index contributed by atoms with van der Waals surface area (Å²) in [7, 11) is 0. The Bertz CT molecular complexity index is 319. The zero-order chi connectivity index (χ0) is 12.0. The van der Waals surface area contributed by atoms with Gasteiger partial charge in [0.05, 0.1) is 6.61 Å². The number of hydrogen-bond donors (Lipinski definition) is 1. The molecule has 0 aromatic heterocycles. The first-order chi connectivity index (χ1) is 7.63. The molecule has 0 saturated carbocycles. The molecule has 2 nitrogen and oxygen atoms in total. The van der Waals surface area contributed by atoms with Gasteiger partial charge >= 0.3 is 0 Å². The molecule has 1 aromatic carbocycles. The molecule has 0 amide bonds. The van der Waals surface area contributed by atoms with E-state index in [1.165, 1.54) is 11.1 Å². The molecule has 1 N–H and O–H groups in total. The van der Waals surface area contributed by atoms with Gasteiger partial charge in [-0.25, -0.2) is 0 Å². The van der Waals surface area contributed by atoms with Gasteiger partial charge in [0, 0.05) is 6.61 Å². The Morgan fingerprint density at radius 2 is 2.06 bits per heavy atom.